The van der Waals surface area contributed by atoms with E-state index in [1.54, 1.807) is 0 Å². The standard InChI is InChI=1S/C12H7F7O2/c1-7(13)9(20)21-10(11(14,15)16,12(17,18)19)8-5-3-2-4-6-8/h2-6H,1H2. The van der Waals surface area contributed by atoms with E-state index in [1.165, 1.54) is 0 Å². The van der Waals surface area contributed by atoms with Crippen molar-refractivity contribution in [2.24, 2.45) is 0 Å². The van der Waals surface area contributed by atoms with E-state index in [0.717, 1.165) is 18.2 Å². The van der Waals surface area contributed by atoms with Crippen molar-refractivity contribution in [1.82, 2.24) is 0 Å². The summed E-state index contributed by atoms with van der Waals surface area (Å²) in [6, 6.07) is 3.88. The second-order valence-electron chi connectivity index (χ2n) is 3.84. The van der Waals surface area contributed by atoms with Gasteiger partial charge in [0.1, 0.15) is 0 Å². The summed E-state index contributed by atoms with van der Waals surface area (Å²) in [5.41, 5.74) is -6.38. The second-order valence-corrected chi connectivity index (χ2v) is 3.84. The minimum atomic E-state index is -6.06. The first kappa shape index (κ1) is 17.0. The molecule has 0 fully saturated rings. The van der Waals surface area contributed by atoms with Crippen LogP contribution in [-0.2, 0) is 15.1 Å². The van der Waals surface area contributed by atoms with Crippen LogP contribution in [0.3, 0.4) is 0 Å². The number of carbonyl (C=O) groups excluding carboxylic acids is 1. The third kappa shape index (κ3) is 3.01. The van der Waals surface area contributed by atoms with Crippen LogP contribution in [0.25, 0.3) is 0 Å². The van der Waals surface area contributed by atoms with Crippen LogP contribution in [0.1, 0.15) is 5.56 Å². The van der Waals surface area contributed by atoms with Crippen LogP contribution in [0, 0.1) is 0 Å². The van der Waals surface area contributed by atoms with E-state index >= 15 is 0 Å². The van der Waals surface area contributed by atoms with E-state index < -0.39 is 35.3 Å². The maximum absolute atomic E-state index is 13.0. The van der Waals surface area contributed by atoms with Crippen molar-refractivity contribution >= 4 is 5.97 Å². The van der Waals surface area contributed by atoms with Gasteiger partial charge in [-0.2, -0.15) is 30.7 Å². The summed E-state index contributed by atoms with van der Waals surface area (Å²) in [6.45, 7) is 2.32. The molecule has 0 heterocycles. The molecule has 2 nitrogen and oxygen atoms in total. The van der Waals surface area contributed by atoms with Gasteiger partial charge in [-0.3, -0.25) is 0 Å². The molecule has 0 aliphatic rings. The number of benzene rings is 1. The molecule has 0 N–H and O–H groups in total. The Morgan fingerprint density at radius 2 is 1.38 bits per heavy atom. The SMILES string of the molecule is C=C(F)C(=O)OC(c1ccccc1)(C(F)(F)F)C(F)(F)F. The summed E-state index contributed by atoms with van der Waals surface area (Å²) >= 11 is 0. The van der Waals surface area contributed by atoms with Crippen molar-refractivity contribution in [2.75, 3.05) is 0 Å². The van der Waals surface area contributed by atoms with Gasteiger partial charge < -0.3 is 4.74 Å². The van der Waals surface area contributed by atoms with Gasteiger partial charge in [0.05, 0.1) is 0 Å². The number of alkyl halides is 6. The predicted molar refractivity (Wildman–Crippen MR) is 56.6 cm³/mol. The molecule has 0 saturated heterocycles. The van der Waals surface area contributed by atoms with Crippen LogP contribution in [0.15, 0.2) is 42.7 Å². The number of esters is 1. The summed E-state index contributed by atoms with van der Waals surface area (Å²) in [7, 11) is 0. The summed E-state index contributed by atoms with van der Waals surface area (Å²) in [6.07, 6.45) is -12.1. The average Bonchev–Trinajstić information content (AvgIpc) is 2.33. The minimum Gasteiger partial charge on any atom is -0.429 e. The first-order chi connectivity index (χ1) is 9.43. The highest BCUT2D eigenvalue weighted by molar-refractivity contribution is 5.85. The lowest BCUT2D eigenvalue weighted by Crippen LogP contribution is -2.56. The monoisotopic (exact) mass is 316 g/mol. The number of carbonyl (C=O) groups is 1. The van der Waals surface area contributed by atoms with E-state index in [9.17, 15) is 35.5 Å². The number of ether oxygens (including phenoxy) is 1. The highest BCUT2D eigenvalue weighted by Crippen LogP contribution is 2.53. The summed E-state index contributed by atoms with van der Waals surface area (Å²) in [4.78, 5) is 10.9. The lowest BCUT2D eigenvalue weighted by atomic mass is 9.92. The highest BCUT2D eigenvalue weighted by atomic mass is 19.4. The van der Waals surface area contributed by atoms with Crippen LogP contribution in [0.2, 0.25) is 0 Å². The molecule has 0 radical (unpaired) electrons. The quantitative estimate of drug-likeness (QED) is 0.478. The molecule has 0 aromatic heterocycles. The van der Waals surface area contributed by atoms with Gasteiger partial charge in [0.15, 0.2) is 0 Å². The average molecular weight is 316 g/mol. The molecule has 0 bridgehead atoms. The van der Waals surface area contributed by atoms with Crippen molar-refractivity contribution in [3.8, 4) is 0 Å². The molecule has 1 aromatic carbocycles. The maximum Gasteiger partial charge on any atom is 0.442 e. The first-order valence-electron chi connectivity index (χ1n) is 5.20. The molecule has 1 aromatic rings. The molecule has 0 aliphatic heterocycles. The number of hydrogen-bond donors (Lipinski definition) is 0. The van der Waals surface area contributed by atoms with Gasteiger partial charge in [-0.1, -0.05) is 36.9 Å². The molecule has 0 saturated carbocycles. The van der Waals surface area contributed by atoms with E-state index in [2.05, 4.69) is 11.3 Å². The Hall–Kier alpha value is -2.06. The van der Waals surface area contributed by atoms with Crippen molar-refractivity contribution < 1.29 is 40.3 Å². The largest absolute Gasteiger partial charge is 0.442 e. The summed E-state index contributed by atoms with van der Waals surface area (Å²) in [5, 5.41) is 0. The minimum absolute atomic E-state index is 0.468. The van der Waals surface area contributed by atoms with E-state index in [1.807, 2.05) is 0 Å². The predicted octanol–water partition coefficient (Wildman–Crippen LogP) is 4.03. The smallest absolute Gasteiger partial charge is 0.429 e. The van der Waals surface area contributed by atoms with Gasteiger partial charge in [-0.05, 0) is 0 Å². The summed E-state index contributed by atoms with van der Waals surface area (Å²) < 4.78 is 94.2. The van der Waals surface area contributed by atoms with Gasteiger partial charge >= 0.3 is 23.9 Å². The number of rotatable bonds is 3. The van der Waals surface area contributed by atoms with Crippen LogP contribution in [0.4, 0.5) is 30.7 Å². The fraction of sp³-hybridized carbons (Fsp3) is 0.250. The molecule has 1 rings (SSSR count). The molecule has 0 amide bonds. The van der Waals surface area contributed by atoms with Crippen molar-refractivity contribution in [3.05, 3.63) is 48.3 Å². The van der Waals surface area contributed by atoms with Crippen molar-refractivity contribution in [3.63, 3.8) is 0 Å². The Balaban J connectivity index is 3.60. The number of hydrogen-bond acceptors (Lipinski definition) is 2. The fourth-order valence-electron chi connectivity index (χ4n) is 1.53. The molecule has 0 spiro atoms. The van der Waals surface area contributed by atoms with Gasteiger partial charge in [-0.15, -0.1) is 0 Å². The Morgan fingerprint density at radius 3 is 1.71 bits per heavy atom. The maximum atomic E-state index is 13.0. The molecule has 0 unspecified atom stereocenters. The topological polar surface area (TPSA) is 26.3 Å². The third-order valence-electron chi connectivity index (χ3n) is 2.45. The van der Waals surface area contributed by atoms with Crippen molar-refractivity contribution in [1.29, 1.82) is 0 Å². The van der Waals surface area contributed by atoms with Crippen LogP contribution < -0.4 is 0 Å². The normalized spacial score (nSPS) is 12.9. The van der Waals surface area contributed by atoms with Crippen LogP contribution in [-0.4, -0.2) is 18.3 Å². The third-order valence-corrected chi connectivity index (χ3v) is 2.45. The lowest BCUT2D eigenvalue weighted by Gasteiger charge is -2.36. The molecular weight excluding hydrogens is 309 g/mol. The zero-order valence-electron chi connectivity index (χ0n) is 10.1. The fourth-order valence-corrected chi connectivity index (χ4v) is 1.53. The van der Waals surface area contributed by atoms with Gasteiger partial charge in [0.25, 0.3) is 0 Å². The molecular formula is C12H7F7O2. The highest BCUT2D eigenvalue weighted by Gasteiger charge is 2.75. The molecule has 0 aliphatic carbocycles. The zero-order valence-corrected chi connectivity index (χ0v) is 10.1. The van der Waals surface area contributed by atoms with Gasteiger partial charge in [0.2, 0.25) is 5.83 Å². The van der Waals surface area contributed by atoms with Crippen LogP contribution >= 0.6 is 0 Å². The molecule has 0 atom stereocenters. The molecule has 9 heteroatoms. The Bertz CT molecular complexity index is 517. The first-order valence-corrected chi connectivity index (χ1v) is 5.20. The van der Waals surface area contributed by atoms with E-state index in [0.29, 0.717) is 12.1 Å². The Morgan fingerprint density at radius 1 is 0.952 bits per heavy atom. The van der Waals surface area contributed by atoms with Gasteiger partial charge in [0, 0.05) is 5.56 Å². The Labute approximate surface area is 113 Å². The lowest BCUT2D eigenvalue weighted by molar-refractivity contribution is -0.377. The van der Waals surface area contributed by atoms with Crippen molar-refractivity contribution in [2.45, 2.75) is 18.0 Å². The van der Waals surface area contributed by atoms with Gasteiger partial charge in [-0.25, -0.2) is 4.79 Å². The number of halogens is 7. The summed E-state index contributed by atoms with van der Waals surface area (Å²) in [5.74, 6) is -4.53. The molecule has 21 heavy (non-hydrogen) atoms. The second kappa shape index (κ2) is 5.38. The molecule has 116 valence electrons. The van der Waals surface area contributed by atoms with E-state index in [-0.39, 0.29) is 0 Å². The zero-order chi connectivity index (χ0) is 16.5. The van der Waals surface area contributed by atoms with Crippen LogP contribution in [0.5, 0.6) is 0 Å². The van der Waals surface area contributed by atoms with E-state index in [4.69, 9.17) is 0 Å². The Kier molecular flexibility index (Phi) is 4.35.